The number of nitrogens with zero attached hydrogens (tertiary/aromatic N) is 1. The van der Waals surface area contributed by atoms with Crippen LogP contribution < -0.4 is 9.03 Å². The lowest BCUT2D eigenvalue weighted by Crippen LogP contribution is -2.30. The Bertz CT molecular complexity index is 1080. The van der Waals surface area contributed by atoms with E-state index in [0.29, 0.717) is 6.42 Å². The quantitative estimate of drug-likeness (QED) is 0.757. The molecule has 1 aliphatic heterocycles. The molecular formula is C18H19FN2O5S2. The van der Waals surface area contributed by atoms with Crippen molar-refractivity contribution in [2.75, 3.05) is 16.6 Å². The Morgan fingerprint density at radius 2 is 1.71 bits per heavy atom. The van der Waals surface area contributed by atoms with Gasteiger partial charge in [0.05, 0.1) is 22.3 Å². The van der Waals surface area contributed by atoms with Crippen molar-refractivity contribution in [3.05, 3.63) is 59.9 Å². The number of amides is 1. The molecule has 2 aromatic carbocycles. The topological polar surface area (TPSA) is 101 Å². The smallest absolute Gasteiger partial charge is 0.244 e. The number of hydrogen-bond acceptors (Lipinski definition) is 5. The third-order valence-electron chi connectivity index (χ3n) is 4.36. The lowest BCUT2D eigenvalue weighted by molar-refractivity contribution is -0.119. The molecule has 1 N–H and O–H groups in total. The molecule has 1 heterocycles. The maximum absolute atomic E-state index is 12.9. The van der Waals surface area contributed by atoms with Crippen molar-refractivity contribution in [1.82, 2.24) is 4.72 Å². The van der Waals surface area contributed by atoms with E-state index in [-0.39, 0.29) is 28.7 Å². The van der Waals surface area contributed by atoms with Crippen LogP contribution in [0.4, 0.5) is 10.1 Å². The van der Waals surface area contributed by atoms with Gasteiger partial charge in [-0.3, -0.25) is 4.79 Å². The van der Waals surface area contributed by atoms with Crippen molar-refractivity contribution in [2.24, 2.45) is 5.92 Å². The molecule has 0 bridgehead atoms. The van der Waals surface area contributed by atoms with Gasteiger partial charge >= 0.3 is 0 Å². The summed E-state index contributed by atoms with van der Waals surface area (Å²) in [7, 11) is -7.55. The summed E-state index contributed by atoms with van der Waals surface area (Å²) >= 11 is 0. The number of halogens is 1. The Morgan fingerprint density at radius 1 is 1.11 bits per heavy atom. The van der Waals surface area contributed by atoms with Crippen LogP contribution in [0.25, 0.3) is 0 Å². The molecule has 150 valence electrons. The number of anilines is 1. The van der Waals surface area contributed by atoms with Crippen LogP contribution in [0.2, 0.25) is 0 Å². The molecule has 2 aromatic rings. The first-order valence-electron chi connectivity index (χ1n) is 8.51. The van der Waals surface area contributed by atoms with Crippen molar-refractivity contribution in [1.29, 1.82) is 0 Å². The van der Waals surface area contributed by atoms with Gasteiger partial charge in [0, 0.05) is 6.54 Å². The molecule has 10 heteroatoms. The van der Waals surface area contributed by atoms with E-state index in [1.54, 1.807) is 12.1 Å². The summed E-state index contributed by atoms with van der Waals surface area (Å²) in [5, 5.41) is 0. The predicted octanol–water partition coefficient (Wildman–Crippen LogP) is 1.66. The second-order valence-electron chi connectivity index (χ2n) is 6.55. The molecule has 0 saturated carbocycles. The Labute approximate surface area is 163 Å². The van der Waals surface area contributed by atoms with Crippen LogP contribution >= 0.6 is 0 Å². The van der Waals surface area contributed by atoms with Crippen LogP contribution in [0.1, 0.15) is 12.5 Å². The van der Waals surface area contributed by atoms with Crippen LogP contribution in [-0.4, -0.2) is 35.0 Å². The highest BCUT2D eigenvalue weighted by Crippen LogP contribution is 2.28. The Morgan fingerprint density at radius 3 is 2.25 bits per heavy atom. The zero-order chi connectivity index (χ0) is 20.5. The second-order valence-corrected chi connectivity index (χ2v) is 10.2. The standard InChI is InChI=1S/C18H19FN2O5S2/c1-13-12-27(23,24)21(18(13)22)16-6-8-17(9-7-16)28(25,26)20-11-10-14-2-4-15(19)5-3-14/h2-9,13,20H,10-12H2,1H3/t13-/m0/s1. The van der Waals surface area contributed by atoms with E-state index in [0.717, 1.165) is 9.87 Å². The molecular weight excluding hydrogens is 407 g/mol. The van der Waals surface area contributed by atoms with Crippen LogP contribution in [0.3, 0.4) is 0 Å². The molecule has 0 unspecified atom stereocenters. The highest BCUT2D eigenvalue weighted by Gasteiger charge is 2.41. The van der Waals surface area contributed by atoms with Gasteiger partial charge in [-0.05, 0) is 48.4 Å². The van der Waals surface area contributed by atoms with E-state index < -0.39 is 31.9 Å². The summed E-state index contributed by atoms with van der Waals surface area (Å²) in [6.07, 6.45) is 0.385. The normalized spacial score (nSPS) is 19.1. The van der Waals surface area contributed by atoms with Gasteiger partial charge in [0.15, 0.2) is 0 Å². The molecule has 28 heavy (non-hydrogen) atoms. The van der Waals surface area contributed by atoms with Gasteiger partial charge in [-0.2, -0.15) is 0 Å². The van der Waals surface area contributed by atoms with Gasteiger partial charge in [-0.25, -0.2) is 30.3 Å². The van der Waals surface area contributed by atoms with E-state index in [1.807, 2.05) is 0 Å². The van der Waals surface area contributed by atoms with Gasteiger partial charge in [0.1, 0.15) is 5.82 Å². The predicted molar refractivity (Wildman–Crippen MR) is 102 cm³/mol. The zero-order valence-electron chi connectivity index (χ0n) is 15.0. The summed E-state index contributed by atoms with van der Waals surface area (Å²) in [6, 6.07) is 10.8. The summed E-state index contributed by atoms with van der Waals surface area (Å²) in [6.45, 7) is 1.65. The molecule has 1 saturated heterocycles. The Kier molecular flexibility index (Phi) is 5.55. The van der Waals surface area contributed by atoms with E-state index in [4.69, 9.17) is 0 Å². The average Bonchev–Trinajstić information content (AvgIpc) is 2.84. The molecule has 3 rings (SSSR count). The maximum Gasteiger partial charge on any atom is 0.244 e. The second kappa shape index (κ2) is 7.61. The highest BCUT2D eigenvalue weighted by molar-refractivity contribution is 7.94. The number of carbonyl (C=O) groups is 1. The summed E-state index contributed by atoms with van der Waals surface area (Å²) in [5.41, 5.74) is 0.894. The number of benzene rings is 2. The SMILES string of the molecule is C[C@H]1CS(=O)(=O)N(c2ccc(S(=O)(=O)NCCc3ccc(F)cc3)cc2)C1=O. The zero-order valence-corrected chi connectivity index (χ0v) is 16.6. The lowest BCUT2D eigenvalue weighted by atomic mass is 10.1. The van der Waals surface area contributed by atoms with Gasteiger partial charge in [0.25, 0.3) is 0 Å². The van der Waals surface area contributed by atoms with Gasteiger partial charge in [0.2, 0.25) is 26.0 Å². The van der Waals surface area contributed by atoms with E-state index >= 15 is 0 Å². The average molecular weight is 426 g/mol. The van der Waals surface area contributed by atoms with Crippen LogP contribution in [0, 0.1) is 11.7 Å². The fourth-order valence-corrected chi connectivity index (χ4v) is 5.76. The number of rotatable bonds is 6. The first-order valence-corrected chi connectivity index (χ1v) is 11.6. The minimum atomic E-state index is -3.81. The number of nitrogens with one attached hydrogen (secondary N) is 1. The fourth-order valence-electron chi connectivity index (χ4n) is 2.91. The highest BCUT2D eigenvalue weighted by atomic mass is 32.2. The summed E-state index contributed by atoms with van der Waals surface area (Å²) in [4.78, 5) is 12.0. The Balaban J connectivity index is 1.70. The van der Waals surface area contributed by atoms with Crippen LogP contribution in [-0.2, 0) is 31.3 Å². The molecule has 0 radical (unpaired) electrons. The lowest BCUT2D eigenvalue weighted by Gasteiger charge is -2.15. The third-order valence-corrected chi connectivity index (χ3v) is 7.71. The van der Waals surface area contributed by atoms with E-state index in [1.165, 1.54) is 43.3 Å². The van der Waals surface area contributed by atoms with Crippen molar-refractivity contribution < 1.29 is 26.0 Å². The van der Waals surface area contributed by atoms with Gasteiger partial charge in [-0.1, -0.05) is 19.1 Å². The molecule has 7 nitrogen and oxygen atoms in total. The Hall–Kier alpha value is -2.30. The van der Waals surface area contributed by atoms with Gasteiger partial charge in [-0.15, -0.1) is 0 Å². The molecule has 1 amide bonds. The molecule has 1 atom stereocenters. The van der Waals surface area contributed by atoms with Crippen molar-refractivity contribution in [3.63, 3.8) is 0 Å². The van der Waals surface area contributed by atoms with Crippen molar-refractivity contribution >= 4 is 31.6 Å². The molecule has 1 fully saturated rings. The van der Waals surface area contributed by atoms with Crippen molar-refractivity contribution in [2.45, 2.75) is 18.2 Å². The molecule has 0 aromatic heterocycles. The molecule has 0 aliphatic carbocycles. The third kappa shape index (κ3) is 4.23. The molecule has 0 spiro atoms. The molecule has 1 aliphatic rings. The summed E-state index contributed by atoms with van der Waals surface area (Å²) < 4.78 is 65.0. The largest absolute Gasteiger partial charge is 0.273 e. The fraction of sp³-hybridized carbons (Fsp3) is 0.278. The monoisotopic (exact) mass is 426 g/mol. The van der Waals surface area contributed by atoms with E-state index in [9.17, 15) is 26.0 Å². The minimum absolute atomic E-state index is 0.0487. The van der Waals surface area contributed by atoms with Crippen LogP contribution in [0.5, 0.6) is 0 Å². The number of carbonyl (C=O) groups excluding carboxylic acids is 1. The first kappa shape index (κ1) is 20.4. The van der Waals surface area contributed by atoms with Crippen molar-refractivity contribution in [3.8, 4) is 0 Å². The van der Waals surface area contributed by atoms with E-state index in [2.05, 4.69) is 4.72 Å². The maximum atomic E-state index is 12.9. The summed E-state index contributed by atoms with van der Waals surface area (Å²) in [5.74, 6) is -1.80. The number of sulfonamides is 2. The number of hydrogen-bond donors (Lipinski definition) is 1. The van der Waals surface area contributed by atoms with Gasteiger partial charge < -0.3 is 0 Å². The first-order chi connectivity index (χ1) is 13.1. The van der Waals surface area contributed by atoms with Crippen LogP contribution in [0.15, 0.2) is 53.4 Å². The minimum Gasteiger partial charge on any atom is -0.273 e.